The van der Waals surface area contributed by atoms with E-state index in [4.69, 9.17) is 9.47 Å². The molecule has 0 fully saturated rings. The smallest absolute Gasteiger partial charge is 0.118 e. The first kappa shape index (κ1) is 19.2. The van der Waals surface area contributed by atoms with Crippen molar-refractivity contribution in [1.82, 2.24) is 0 Å². The van der Waals surface area contributed by atoms with Crippen LogP contribution in [0.3, 0.4) is 0 Å². The minimum absolute atomic E-state index is 0.127. The van der Waals surface area contributed by atoms with Gasteiger partial charge in [0.25, 0.3) is 0 Å². The molecule has 27 heavy (non-hydrogen) atoms. The molecule has 0 aliphatic carbocycles. The minimum atomic E-state index is 0.127. The lowest BCUT2D eigenvalue weighted by Gasteiger charge is -2.15. The summed E-state index contributed by atoms with van der Waals surface area (Å²) in [6.45, 7) is 5.12. The largest absolute Gasteiger partial charge is 0.497 e. The molecule has 0 saturated heterocycles. The van der Waals surface area contributed by atoms with Gasteiger partial charge in [0, 0.05) is 6.61 Å². The van der Waals surface area contributed by atoms with Crippen LogP contribution in [0.15, 0.2) is 72.8 Å². The second-order valence-corrected chi connectivity index (χ2v) is 6.76. The van der Waals surface area contributed by atoms with Gasteiger partial charge < -0.3 is 9.47 Å². The van der Waals surface area contributed by atoms with E-state index in [1.165, 1.54) is 27.8 Å². The summed E-state index contributed by atoms with van der Waals surface area (Å²) in [7, 11) is 1.69. The Morgan fingerprint density at radius 3 is 1.85 bits per heavy atom. The maximum absolute atomic E-state index is 5.92. The molecule has 3 aromatic rings. The molecule has 0 bridgehead atoms. The molecule has 0 saturated carbocycles. The normalized spacial score (nSPS) is 12.0. The zero-order valence-electron chi connectivity index (χ0n) is 16.4. The lowest BCUT2D eigenvalue weighted by atomic mass is 9.94. The summed E-state index contributed by atoms with van der Waals surface area (Å²) in [6, 6.07) is 25.5. The molecule has 0 N–H and O–H groups in total. The van der Waals surface area contributed by atoms with Gasteiger partial charge in [-0.05, 0) is 53.3 Å². The van der Waals surface area contributed by atoms with Crippen molar-refractivity contribution >= 4 is 0 Å². The minimum Gasteiger partial charge on any atom is -0.497 e. The zero-order valence-corrected chi connectivity index (χ0v) is 16.4. The molecule has 2 heteroatoms. The van der Waals surface area contributed by atoms with E-state index >= 15 is 0 Å². The molecule has 1 atom stereocenters. The van der Waals surface area contributed by atoms with Crippen molar-refractivity contribution in [2.24, 2.45) is 0 Å². The van der Waals surface area contributed by atoms with Crippen molar-refractivity contribution in [2.75, 3.05) is 13.7 Å². The van der Waals surface area contributed by atoms with Crippen LogP contribution in [0.5, 0.6) is 5.75 Å². The van der Waals surface area contributed by atoms with Gasteiger partial charge in [-0.2, -0.15) is 0 Å². The first-order valence-electron chi connectivity index (χ1n) is 9.68. The summed E-state index contributed by atoms with van der Waals surface area (Å²) in [5, 5.41) is 0. The van der Waals surface area contributed by atoms with Gasteiger partial charge in [-0.25, -0.2) is 0 Å². The van der Waals surface area contributed by atoms with Gasteiger partial charge in [0.15, 0.2) is 0 Å². The fourth-order valence-corrected chi connectivity index (χ4v) is 3.19. The van der Waals surface area contributed by atoms with Crippen molar-refractivity contribution in [3.8, 4) is 28.0 Å². The van der Waals surface area contributed by atoms with Gasteiger partial charge in [-0.1, -0.05) is 74.0 Å². The molecule has 0 aliphatic heterocycles. The molecular formula is C25H28O2. The van der Waals surface area contributed by atoms with Crippen molar-refractivity contribution in [3.05, 3.63) is 78.4 Å². The van der Waals surface area contributed by atoms with Crippen LogP contribution in [0.2, 0.25) is 0 Å². The number of benzene rings is 3. The lowest BCUT2D eigenvalue weighted by molar-refractivity contribution is 0.0637. The van der Waals surface area contributed by atoms with Gasteiger partial charge in [-0.3, -0.25) is 0 Å². The standard InChI is InChI=1S/C25H28O2/c1-4-5-18-27-19(2)20-10-12-21(13-11-20)24-8-6-7-9-25(24)22-14-16-23(26-3)17-15-22/h6-17,19H,4-5,18H2,1-3H3. The van der Waals surface area contributed by atoms with E-state index in [0.29, 0.717) is 0 Å². The van der Waals surface area contributed by atoms with Crippen LogP contribution >= 0.6 is 0 Å². The number of methoxy groups -OCH3 is 1. The number of unbranched alkanes of at least 4 members (excludes halogenated alkanes) is 1. The summed E-state index contributed by atoms with van der Waals surface area (Å²) in [5.41, 5.74) is 6.07. The highest BCUT2D eigenvalue weighted by Crippen LogP contribution is 2.33. The highest BCUT2D eigenvalue weighted by atomic mass is 16.5. The topological polar surface area (TPSA) is 18.5 Å². The predicted molar refractivity (Wildman–Crippen MR) is 113 cm³/mol. The van der Waals surface area contributed by atoms with Crippen LogP contribution in [0, 0.1) is 0 Å². The number of ether oxygens (including phenoxy) is 2. The third-order valence-corrected chi connectivity index (χ3v) is 4.88. The Labute approximate surface area is 162 Å². The third-order valence-electron chi connectivity index (χ3n) is 4.88. The molecular weight excluding hydrogens is 332 g/mol. The first-order chi connectivity index (χ1) is 13.2. The molecule has 0 aromatic heterocycles. The number of hydrogen-bond acceptors (Lipinski definition) is 2. The van der Waals surface area contributed by atoms with E-state index < -0.39 is 0 Å². The molecule has 0 spiro atoms. The molecule has 0 radical (unpaired) electrons. The van der Waals surface area contributed by atoms with Gasteiger partial charge >= 0.3 is 0 Å². The Kier molecular flexibility index (Phi) is 6.67. The molecule has 3 rings (SSSR count). The fourth-order valence-electron chi connectivity index (χ4n) is 3.19. The lowest BCUT2D eigenvalue weighted by Crippen LogP contribution is -2.01. The molecule has 3 aromatic carbocycles. The van der Waals surface area contributed by atoms with Crippen LogP contribution < -0.4 is 4.74 Å². The molecule has 0 aliphatic rings. The average molecular weight is 360 g/mol. The van der Waals surface area contributed by atoms with Crippen LogP contribution in [0.1, 0.15) is 38.4 Å². The second kappa shape index (κ2) is 9.38. The van der Waals surface area contributed by atoms with E-state index in [-0.39, 0.29) is 6.10 Å². The second-order valence-electron chi connectivity index (χ2n) is 6.76. The predicted octanol–water partition coefficient (Wildman–Crippen LogP) is 6.91. The van der Waals surface area contributed by atoms with Crippen LogP contribution in [-0.4, -0.2) is 13.7 Å². The molecule has 140 valence electrons. The number of rotatable bonds is 8. The monoisotopic (exact) mass is 360 g/mol. The van der Waals surface area contributed by atoms with Crippen molar-refractivity contribution in [2.45, 2.75) is 32.8 Å². The van der Waals surface area contributed by atoms with E-state index in [0.717, 1.165) is 25.2 Å². The average Bonchev–Trinajstić information content (AvgIpc) is 2.74. The van der Waals surface area contributed by atoms with E-state index in [1.807, 2.05) is 12.1 Å². The molecule has 2 nitrogen and oxygen atoms in total. The number of hydrogen-bond donors (Lipinski definition) is 0. The van der Waals surface area contributed by atoms with Crippen LogP contribution in [-0.2, 0) is 4.74 Å². The Balaban J connectivity index is 1.84. The zero-order chi connectivity index (χ0) is 19.1. The van der Waals surface area contributed by atoms with Gasteiger partial charge in [0.2, 0.25) is 0 Å². The quantitative estimate of drug-likeness (QED) is 0.406. The maximum Gasteiger partial charge on any atom is 0.118 e. The van der Waals surface area contributed by atoms with E-state index in [2.05, 4.69) is 74.5 Å². The first-order valence-corrected chi connectivity index (χ1v) is 9.68. The highest BCUT2D eigenvalue weighted by molar-refractivity contribution is 5.83. The Bertz CT molecular complexity index is 835. The van der Waals surface area contributed by atoms with Crippen LogP contribution in [0.4, 0.5) is 0 Å². The maximum atomic E-state index is 5.92. The Morgan fingerprint density at radius 2 is 1.33 bits per heavy atom. The molecule has 0 heterocycles. The fraction of sp³-hybridized carbons (Fsp3) is 0.280. The SMILES string of the molecule is CCCCOC(C)c1ccc(-c2ccccc2-c2ccc(OC)cc2)cc1. The Morgan fingerprint density at radius 1 is 0.778 bits per heavy atom. The van der Waals surface area contributed by atoms with Crippen LogP contribution in [0.25, 0.3) is 22.3 Å². The van der Waals surface area contributed by atoms with Crippen molar-refractivity contribution < 1.29 is 9.47 Å². The Hall–Kier alpha value is -2.58. The summed E-state index contributed by atoms with van der Waals surface area (Å²) in [6.07, 6.45) is 2.40. The third kappa shape index (κ3) is 4.78. The van der Waals surface area contributed by atoms with Crippen molar-refractivity contribution in [1.29, 1.82) is 0 Å². The van der Waals surface area contributed by atoms with E-state index in [9.17, 15) is 0 Å². The summed E-state index contributed by atoms with van der Waals surface area (Å²) >= 11 is 0. The molecule has 0 amide bonds. The summed E-state index contributed by atoms with van der Waals surface area (Å²) in [4.78, 5) is 0. The summed E-state index contributed by atoms with van der Waals surface area (Å²) in [5.74, 6) is 0.873. The summed E-state index contributed by atoms with van der Waals surface area (Å²) < 4.78 is 11.2. The van der Waals surface area contributed by atoms with Crippen molar-refractivity contribution in [3.63, 3.8) is 0 Å². The molecule has 1 unspecified atom stereocenters. The van der Waals surface area contributed by atoms with Gasteiger partial charge in [0.1, 0.15) is 5.75 Å². The highest BCUT2D eigenvalue weighted by Gasteiger charge is 2.09. The van der Waals surface area contributed by atoms with Gasteiger partial charge in [-0.15, -0.1) is 0 Å². The van der Waals surface area contributed by atoms with E-state index in [1.54, 1.807) is 7.11 Å². The van der Waals surface area contributed by atoms with Gasteiger partial charge in [0.05, 0.1) is 13.2 Å².